The van der Waals surface area contributed by atoms with Gasteiger partial charge in [-0.1, -0.05) is 19.0 Å². The maximum absolute atomic E-state index is 6.68. The summed E-state index contributed by atoms with van der Waals surface area (Å²) < 4.78 is 13.3. The van der Waals surface area contributed by atoms with Crippen LogP contribution in [-0.2, 0) is 13.7 Å². The lowest BCUT2D eigenvalue weighted by Gasteiger charge is -2.61. The fraction of sp³-hybridized carbons (Fsp3) is 0.964. The van der Waals surface area contributed by atoms with Crippen LogP contribution in [0.5, 0.6) is 0 Å². The van der Waals surface area contributed by atoms with Gasteiger partial charge in [-0.15, -0.1) is 0 Å². The smallest absolute Gasteiger partial charge is 0.184 e. The Morgan fingerprint density at radius 2 is 1.62 bits per heavy atom. The van der Waals surface area contributed by atoms with Crippen molar-refractivity contribution >= 4 is 22.3 Å². The lowest BCUT2D eigenvalue weighted by molar-refractivity contribution is -0.0867. The molecule has 0 aromatic heterocycles. The molecule has 4 rings (SSSR count). The van der Waals surface area contributed by atoms with Crippen LogP contribution in [0.3, 0.4) is 0 Å². The summed E-state index contributed by atoms with van der Waals surface area (Å²) in [5.74, 6) is 3.48. The standard InChI is InChI=1S/C28H53NO3Si2/c1-19(31-33(5,6)7)23-13-14-24-22-12-11-20-17-21(32-34(8,9)10)15-16-27(20,2)26(22)25(29-30-4)18-28(23,24)3/h19-24,26H,11-18H2,1-10H3/t19-,20+,21-,22?,23-,24?,26?,27+,28-/m1/s1. The molecule has 0 N–H and O–H groups in total. The summed E-state index contributed by atoms with van der Waals surface area (Å²) in [5, 5.41) is 4.82. The van der Waals surface area contributed by atoms with Crippen molar-refractivity contribution in [3.8, 4) is 0 Å². The molecule has 9 atom stereocenters. The van der Waals surface area contributed by atoms with Gasteiger partial charge in [0.25, 0.3) is 0 Å². The third-order valence-corrected chi connectivity index (χ3v) is 12.3. The monoisotopic (exact) mass is 507 g/mol. The van der Waals surface area contributed by atoms with Crippen LogP contribution in [0.25, 0.3) is 0 Å². The van der Waals surface area contributed by atoms with E-state index in [1.165, 1.54) is 50.7 Å². The molecule has 0 spiro atoms. The first-order chi connectivity index (χ1) is 15.7. The van der Waals surface area contributed by atoms with E-state index in [9.17, 15) is 0 Å². The van der Waals surface area contributed by atoms with Gasteiger partial charge in [-0.3, -0.25) is 0 Å². The van der Waals surface area contributed by atoms with E-state index in [4.69, 9.17) is 18.8 Å². The van der Waals surface area contributed by atoms with Crippen LogP contribution < -0.4 is 0 Å². The number of hydrogen-bond donors (Lipinski definition) is 0. The van der Waals surface area contributed by atoms with Gasteiger partial charge in [-0.05, 0) is 132 Å². The van der Waals surface area contributed by atoms with Gasteiger partial charge >= 0.3 is 0 Å². The van der Waals surface area contributed by atoms with E-state index in [0.717, 1.165) is 24.2 Å². The van der Waals surface area contributed by atoms with Gasteiger partial charge in [0, 0.05) is 18.1 Å². The van der Waals surface area contributed by atoms with Crippen molar-refractivity contribution in [1.29, 1.82) is 0 Å². The molecule has 4 aliphatic rings. The highest BCUT2D eigenvalue weighted by Crippen LogP contribution is 2.67. The van der Waals surface area contributed by atoms with Gasteiger partial charge in [0.05, 0.1) is 5.71 Å². The molecule has 4 fully saturated rings. The van der Waals surface area contributed by atoms with Crippen LogP contribution >= 0.6 is 0 Å². The lowest BCUT2D eigenvalue weighted by Crippen LogP contribution is -2.58. The Bertz CT molecular complexity index is 775. The Balaban J connectivity index is 1.60. The second-order valence-corrected chi connectivity index (χ2v) is 23.6. The van der Waals surface area contributed by atoms with Crippen LogP contribution in [0.4, 0.5) is 0 Å². The van der Waals surface area contributed by atoms with Gasteiger partial charge in [-0.2, -0.15) is 0 Å². The molecule has 4 saturated carbocycles. The molecule has 4 nitrogen and oxygen atoms in total. The first-order valence-corrected chi connectivity index (χ1v) is 20.9. The highest BCUT2D eigenvalue weighted by Gasteiger charge is 2.63. The first-order valence-electron chi connectivity index (χ1n) is 14.1. The summed E-state index contributed by atoms with van der Waals surface area (Å²) in [5.41, 5.74) is 1.98. The molecule has 0 saturated heterocycles. The van der Waals surface area contributed by atoms with E-state index in [0.29, 0.717) is 29.5 Å². The average Bonchev–Trinajstić information content (AvgIpc) is 3.02. The molecule has 196 valence electrons. The fourth-order valence-electron chi connectivity index (χ4n) is 9.33. The van der Waals surface area contributed by atoms with Crippen molar-refractivity contribution in [3.05, 3.63) is 0 Å². The van der Waals surface area contributed by atoms with Gasteiger partial charge in [-0.25, -0.2) is 0 Å². The van der Waals surface area contributed by atoms with Crippen LogP contribution in [0, 0.1) is 40.4 Å². The van der Waals surface area contributed by atoms with E-state index in [-0.39, 0.29) is 5.41 Å². The molecule has 34 heavy (non-hydrogen) atoms. The zero-order valence-electron chi connectivity index (χ0n) is 23.9. The minimum absolute atomic E-state index is 0.277. The molecule has 3 unspecified atom stereocenters. The minimum atomic E-state index is -1.57. The Kier molecular flexibility index (Phi) is 7.34. The second kappa shape index (κ2) is 9.29. The normalized spacial score (nSPS) is 44.8. The summed E-state index contributed by atoms with van der Waals surface area (Å²) in [6.07, 6.45) is 11.0. The van der Waals surface area contributed by atoms with Gasteiger partial charge in [0.2, 0.25) is 0 Å². The third-order valence-electron chi connectivity index (χ3n) is 10.2. The van der Waals surface area contributed by atoms with E-state index < -0.39 is 16.6 Å². The Morgan fingerprint density at radius 1 is 0.912 bits per heavy atom. The van der Waals surface area contributed by atoms with Crippen molar-refractivity contribution < 1.29 is 13.7 Å². The van der Waals surface area contributed by atoms with Gasteiger partial charge in [0.15, 0.2) is 16.6 Å². The number of rotatable bonds is 6. The second-order valence-electron chi connectivity index (χ2n) is 14.7. The Labute approximate surface area is 212 Å². The highest BCUT2D eigenvalue weighted by molar-refractivity contribution is 6.70. The summed E-state index contributed by atoms with van der Waals surface area (Å²) in [4.78, 5) is 5.56. The number of nitrogens with zero attached hydrogens (tertiary/aromatic N) is 1. The lowest BCUT2D eigenvalue weighted by atomic mass is 9.44. The SMILES string of the molecule is CON=C1C[C@@]2(C)C(CC[C@@H]2[C@@H](C)O[Si](C)(C)C)C2CC[C@H]3C[C@H](O[Si](C)(C)C)CC[C@]3(C)C12. The molecule has 0 amide bonds. The van der Waals surface area contributed by atoms with Crippen molar-refractivity contribution in [2.45, 2.75) is 124 Å². The molecular formula is C28H53NO3Si2. The quantitative estimate of drug-likeness (QED) is 0.273. The molecule has 0 heterocycles. The summed E-state index contributed by atoms with van der Waals surface area (Å²) >= 11 is 0. The molecule has 0 aliphatic heterocycles. The summed E-state index contributed by atoms with van der Waals surface area (Å²) in [6.45, 7) is 21.6. The average molecular weight is 508 g/mol. The van der Waals surface area contributed by atoms with Crippen molar-refractivity contribution in [1.82, 2.24) is 0 Å². The van der Waals surface area contributed by atoms with Crippen LogP contribution in [-0.4, -0.2) is 41.7 Å². The molecule has 4 aliphatic carbocycles. The number of oxime groups is 1. The summed E-state index contributed by atoms with van der Waals surface area (Å²) in [6, 6.07) is 0. The predicted octanol–water partition coefficient (Wildman–Crippen LogP) is 7.72. The third kappa shape index (κ3) is 4.99. The highest BCUT2D eigenvalue weighted by atomic mass is 28.4. The Morgan fingerprint density at radius 3 is 2.24 bits per heavy atom. The number of hydrogen-bond acceptors (Lipinski definition) is 4. The Hall–Kier alpha value is -0.176. The minimum Gasteiger partial charge on any atom is -0.415 e. The maximum Gasteiger partial charge on any atom is 0.184 e. The molecule has 0 bridgehead atoms. The number of fused-ring (bicyclic) bond motifs is 5. The fourth-order valence-corrected chi connectivity index (χ4v) is 11.8. The zero-order valence-corrected chi connectivity index (χ0v) is 25.9. The summed E-state index contributed by atoms with van der Waals surface area (Å²) in [7, 11) is -1.32. The van der Waals surface area contributed by atoms with E-state index in [2.05, 4.69) is 60.1 Å². The largest absolute Gasteiger partial charge is 0.415 e. The first kappa shape index (κ1) is 26.9. The van der Waals surface area contributed by atoms with Crippen LogP contribution in [0.2, 0.25) is 39.3 Å². The van der Waals surface area contributed by atoms with E-state index in [1.807, 2.05) is 0 Å². The van der Waals surface area contributed by atoms with E-state index >= 15 is 0 Å². The predicted molar refractivity (Wildman–Crippen MR) is 147 cm³/mol. The van der Waals surface area contributed by atoms with Crippen LogP contribution in [0.1, 0.15) is 72.1 Å². The topological polar surface area (TPSA) is 40.0 Å². The molecular weight excluding hydrogens is 454 g/mol. The molecule has 0 aromatic carbocycles. The maximum atomic E-state index is 6.68. The van der Waals surface area contributed by atoms with Gasteiger partial charge < -0.3 is 13.7 Å². The molecule has 0 radical (unpaired) electrons. The van der Waals surface area contributed by atoms with Crippen molar-refractivity contribution in [2.24, 2.45) is 45.6 Å². The zero-order chi connectivity index (χ0) is 25.1. The van der Waals surface area contributed by atoms with E-state index in [1.54, 1.807) is 7.11 Å². The van der Waals surface area contributed by atoms with Crippen LogP contribution in [0.15, 0.2) is 5.16 Å². The van der Waals surface area contributed by atoms with Crippen molar-refractivity contribution in [3.63, 3.8) is 0 Å². The van der Waals surface area contributed by atoms with Crippen molar-refractivity contribution in [2.75, 3.05) is 7.11 Å². The molecule has 6 heteroatoms. The molecule has 0 aromatic rings. The van der Waals surface area contributed by atoms with Gasteiger partial charge in [0.1, 0.15) is 7.11 Å².